The molecule has 2 unspecified atom stereocenters. The molecule has 0 spiro atoms. The van der Waals surface area contributed by atoms with Crippen molar-refractivity contribution in [2.45, 2.75) is 18.9 Å². The SMILES string of the molecule is O=C1OC2CC1[C@H](C(=O)O)C2. The van der Waals surface area contributed by atoms with E-state index in [2.05, 4.69) is 0 Å². The zero-order valence-electron chi connectivity index (χ0n) is 5.82. The van der Waals surface area contributed by atoms with Gasteiger partial charge < -0.3 is 9.84 Å². The van der Waals surface area contributed by atoms with Crippen molar-refractivity contribution < 1.29 is 19.4 Å². The molecule has 0 aromatic rings. The summed E-state index contributed by atoms with van der Waals surface area (Å²) < 4.78 is 4.84. The van der Waals surface area contributed by atoms with E-state index in [9.17, 15) is 9.59 Å². The predicted octanol–water partition coefficient (Wildman–Crippen LogP) is 0.0226. The zero-order chi connectivity index (χ0) is 8.01. The molecule has 1 heterocycles. The highest BCUT2D eigenvalue weighted by molar-refractivity contribution is 5.84. The highest BCUT2D eigenvalue weighted by Crippen LogP contribution is 2.40. The van der Waals surface area contributed by atoms with Crippen molar-refractivity contribution >= 4 is 11.9 Å². The summed E-state index contributed by atoms with van der Waals surface area (Å²) in [6, 6.07) is 0. The minimum absolute atomic E-state index is 0.117. The number of carboxylic acid groups (broad SMARTS) is 1. The van der Waals surface area contributed by atoms with E-state index in [4.69, 9.17) is 9.84 Å². The van der Waals surface area contributed by atoms with E-state index in [-0.39, 0.29) is 18.0 Å². The molecule has 1 saturated carbocycles. The summed E-state index contributed by atoms with van der Waals surface area (Å²) in [6.45, 7) is 0. The number of esters is 1. The second-order valence-electron chi connectivity index (χ2n) is 3.08. The van der Waals surface area contributed by atoms with Crippen LogP contribution in [-0.2, 0) is 14.3 Å². The van der Waals surface area contributed by atoms with Gasteiger partial charge in [-0.1, -0.05) is 0 Å². The number of carbonyl (C=O) groups is 2. The second kappa shape index (κ2) is 1.96. The normalized spacial score (nSPS) is 40.7. The molecule has 2 aliphatic rings. The maximum absolute atomic E-state index is 10.9. The first kappa shape index (κ1) is 6.64. The van der Waals surface area contributed by atoms with Gasteiger partial charge in [0.2, 0.25) is 0 Å². The summed E-state index contributed by atoms with van der Waals surface area (Å²) in [6.07, 6.45) is 0.996. The molecule has 2 bridgehead atoms. The lowest BCUT2D eigenvalue weighted by Gasteiger charge is -2.16. The maximum Gasteiger partial charge on any atom is 0.310 e. The van der Waals surface area contributed by atoms with E-state index in [0.717, 1.165) is 0 Å². The third-order valence-corrected chi connectivity index (χ3v) is 2.42. The lowest BCUT2D eigenvalue weighted by Crippen LogP contribution is -2.28. The number of ether oxygens (including phenoxy) is 1. The first-order valence-electron chi connectivity index (χ1n) is 3.62. The molecule has 11 heavy (non-hydrogen) atoms. The number of carbonyl (C=O) groups excluding carboxylic acids is 1. The monoisotopic (exact) mass is 156 g/mol. The molecule has 4 heteroatoms. The van der Waals surface area contributed by atoms with Gasteiger partial charge in [0, 0.05) is 0 Å². The Bertz CT molecular complexity index is 222. The third-order valence-electron chi connectivity index (χ3n) is 2.42. The average Bonchev–Trinajstić information content (AvgIpc) is 2.43. The van der Waals surface area contributed by atoms with Crippen molar-refractivity contribution in [3.05, 3.63) is 0 Å². The van der Waals surface area contributed by atoms with Gasteiger partial charge in [-0.15, -0.1) is 0 Å². The molecular weight excluding hydrogens is 148 g/mol. The van der Waals surface area contributed by atoms with Crippen LogP contribution in [0.2, 0.25) is 0 Å². The first-order chi connectivity index (χ1) is 5.18. The van der Waals surface area contributed by atoms with Gasteiger partial charge in [-0.2, -0.15) is 0 Å². The summed E-state index contributed by atoms with van der Waals surface area (Å²) in [4.78, 5) is 21.4. The van der Waals surface area contributed by atoms with Crippen LogP contribution in [0, 0.1) is 11.8 Å². The molecule has 60 valence electrons. The summed E-state index contributed by atoms with van der Waals surface area (Å²) in [5, 5.41) is 8.65. The van der Waals surface area contributed by atoms with Crippen LogP contribution in [0.5, 0.6) is 0 Å². The lowest BCUT2D eigenvalue weighted by atomic mass is 9.96. The first-order valence-corrected chi connectivity index (χ1v) is 3.62. The van der Waals surface area contributed by atoms with Crippen LogP contribution < -0.4 is 0 Å². The Morgan fingerprint density at radius 2 is 2.27 bits per heavy atom. The van der Waals surface area contributed by atoms with Gasteiger partial charge in [0.25, 0.3) is 0 Å². The van der Waals surface area contributed by atoms with Crippen LogP contribution in [0.15, 0.2) is 0 Å². The fourth-order valence-electron chi connectivity index (χ4n) is 1.87. The smallest absolute Gasteiger partial charge is 0.310 e. The molecule has 2 fully saturated rings. The lowest BCUT2D eigenvalue weighted by molar-refractivity contribution is -0.158. The average molecular weight is 156 g/mol. The summed E-state index contributed by atoms with van der Waals surface area (Å²) in [5.41, 5.74) is 0. The Morgan fingerprint density at radius 3 is 2.64 bits per heavy atom. The van der Waals surface area contributed by atoms with Crippen LogP contribution >= 0.6 is 0 Å². The van der Waals surface area contributed by atoms with Gasteiger partial charge in [0.15, 0.2) is 0 Å². The van der Waals surface area contributed by atoms with E-state index in [1.165, 1.54) is 0 Å². The van der Waals surface area contributed by atoms with Crippen LogP contribution in [-0.4, -0.2) is 23.1 Å². The number of carboxylic acids is 1. The van der Waals surface area contributed by atoms with Crippen molar-refractivity contribution in [3.8, 4) is 0 Å². The molecular formula is C7H8O4. The van der Waals surface area contributed by atoms with Crippen molar-refractivity contribution in [2.75, 3.05) is 0 Å². The summed E-state index contributed by atoms with van der Waals surface area (Å²) in [7, 11) is 0. The van der Waals surface area contributed by atoms with Gasteiger partial charge in [-0.3, -0.25) is 9.59 Å². The van der Waals surface area contributed by atoms with Crippen LogP contribution in [0.1, 0.15) is 12.8 Å². The highest BCUT2D eigenvalue weighted by Gasteiger charge is 2.50. The van der Waals surface area contributed by atoms with Gasteiger partial charge in [0.1, 0.15) is 6.10 Å². The van der Waals surface area contributed by atoms with Crippen molar-refractivity contribution in [1.82, 2.24) is 0 Å². The maximum atomic E-state index is 10.9. The molecule has 3 atom stereocenters. The standard InChI is InChI=1S/C7H8O4/c8-6(9)4-1-3-2-5(4)7(10)11-3/h3-5H,1-2H2,(H,8,9)/t3?,4-,5?/m1/s1. The Hall–Kier alpha value is -1.06. The Balaban J connectivity index is 2.18. The van der Waals surface area contributed by atoms with E-state index in [1.54, 1.807) is 0 Å². The van der Waals surface area contributed by atoms with Crippen LogP contribution in [0.3, 0.4) is 0 Å². The molecule has 4 nitrogen and oxygen atoms in total. The van der Waals surface area contributed by atoms with Crippen molar-refractivity contribution in [2.24, 2.45) is 11.8 Å². The molecule has 0 amide bonds. The number of aliphatic carboxylic acids is 1. The Morgan fingerprint density at radius 1 is 1.55 bits per heavy atom. The Kier molecular flexibility index (Phi) is 1.19. The molecule has 1 N–H and O–H groups in total. The molecule has 2 rings (SSSR count). The largest absolute Gasteiger partial charge is 0.481 e. The van der Waals surface area contributed by atoms with Gasteiger partial charge >= 0.3 is 11.9 Å². The number of fused-ring (bicyclic) bond motifs is 2. The molecule has 1 saturated heterocycles. The van der Waals surface area contributed by atoms with Gasteiger partial charge in [0.05, 0.1) is 11.8 Å². The Labute approximate surface area is 63.1 Å². The predicted molar refractivity (Wildman–Crippen MR) is 33.7 cm³/mol. The third kappa shape index (κ3) is 0.818. The van der Waals surface area contributed by atoms with Crippen molar-refractivity contribution in [3.63, 3.8) is 0 Å². The molecule has 0 aromatic heterocycles. The van der Waals surface area contributed by atoms with Gasteiger partial charge in [-0.25, -0.2) is 0 Å². The second-order valence-corrected chi connectivity index (χ2v) is 3.08. The highest BCUT2D eigenvalue weighted by atomic mass is 16.6. The molecule has 1 aliphatic heterocycles. The minimum atomic E-state index is -0.867. The van der Waals surface area contributed by atoms with E-state index >= 15 is 0 Å². The van der Waals surface area contributed by atoms with Crippen molar-refractivity contribution in [1.29, 1.82) is 0 Å². The fraction of sp³-hybridized carbons (Fsp3) is 0.714. The zero-order valence-corrected chi connectivity index (χ0v) is 5.82. The minimum Gasteiger partial charge on any atom is -0.481 e. The molecule has 0 radical (unpaired) electrons. The quantitative estimate of drug-likeness (QED) is 0.544. The van der Waals surface area contributed by atoms with E-state index < -0.39 is 11.9 Å². The number of hydrogen-bond donors (Lipinski definition) is 1. The number of hydrogen-bond acceptors (Lipinski definition) is 3. The van der Waals surface area contributed by atoms with E-state index in [0.29, 0.717) is 12.8 Å². The topological polar surface area (TPSA) is 63.6 Å². The van der Waals surface area contributed by atoms with Crippen LogP contribution in [0.25, 0.3) is 0 Å². The van der Waals surface area contributed by atoms with Gasteiger partial charge in [-0.05, 0) is 12.8 Å². The van der Waals surface area contributed by atoms with E-state index in [1.807, 2.05) is 0 Å². The fourth-order valence-corrected chi connectivity index (χ4v) is 1.87. The molecule has 1 aliphatic carbocycles. The summed E-state index contributed by atoms with van der Waals surface area (Å²) in [5.74, 6) is -2.04. The van der Waals surface area contributed by atoms with Crippen LogP contribution in [0.4, 0.5) is 0 Å². The summed E-state index contributed by atoms with van der Waals surface area (Å²) >= 11 is 0. The number of rotatable bonds is 1. The molecule has 0 aromatic carbocycles.